The van der Waals surface area contributed by atoms with E-state index in [-0.39, 0.29) is 5.91 Å². The summed E-state index contributed by atoms with van der Waals surface area (Å²) >= 11 is 0. The largest absolute Gasteiger partial charge is 0.334 e. The fourth-order valence-electron chi connectivity index (χ4n) is 4.00. The number of pyridine rings is 1. The Morgan fingerprint density at radius 3 is 2.73 bits per heavy atom. The third kappa shape index (κ3) is 2.97. The molecule has 1 aliphatic heterocycles. The molecule has 1 amide bonds. The number of carbonyl (C=O) groups is 1. The van der Waals surface area contributed by atoms with Crippen LogP contribution in [-0.2, 0) is 20.0 Å². The highest BCUT2D eigenvalue weighted by molar-refractivity contribution is 5.95. The van der Waals surface area contributed by atoms with Gasteiger partial charge in [0.1, 0.15) is 12.0 Å². The number of nitrogens with zero attached hydrogens (tertiary/aromatic N) is 7. The summed E-state index contributed by atoms with van der Waals surface area (Å²) in [6.07, 6.45) is 4.13. The summed E-state index contributed by atoms with van der Waals surface area (Å²) in [5.41, 5.74) is 5.24. The number of aryl methyl sites for hydroxylation is 2. The van der Waals surface area contributed by atoms with Crippen molar-refractivity contribution in [2.24, 2.45) is 7.05 Å². The molecule has 3 aromatic heterocycles. The summed E-state index contributed by atoms with van der Waals surface area (Å²) in [5, 5.41) is 13.2. The van der Waals surface area contributed by atoms with Crippen molar-refractivity contribution in [3.63, 3.8) is 0 Å². The minimum atomic E-state index is -0.00872. The second kappa shape index (κ2) is 7.22. The van der Waals surface area contributed by atoms with E-state index in [4.69, 9.17) is 5.10 Å². The van der Waals surface area contributed by atoms with E-state index in [2.05, 4.69) is 15.2 Å². The van der Waals surface area contributed by atoms with Crippen LogP contribution in [0.15, 0.2) is 55.0 Å². The average Bonchev–Trinajstić information content (AvgIpc) is 3.39. The fraction of sp³-hybridized carbons (Fsp3) is 0.227. The van der Waals surface area contributed by atoms with Gasteiger partial charge in [-0.25, -0.2) is 0 Å². The van der Waals surface area contributed by atoms with Crippen molar-refractivity contribution in [2.45, 2.75) is 19.9 Å². The minimum absolute atomic E-state index is 0.00872. The van der Waals surface area contributed by atoms with Crippen LogP contribution in [0, 0.1) is 6.92 Å². The summed E-state index contributed by atoms with van der Waals surface area (Å²) in [4.78, 5) is 19.3. The highest BCUT2D eigenvalue weighted by atomic mass is 16.2. The zero-order valence-electron chi connectivity index (χ0n) is 16.9. The number of para-hydroxylation sites is 1. The quantitative estimate of drug-likeness (QED) is 0.529. The molecule has 0 aliphatic carbocycles. The van der Waals surface area contributed by atoms with Gasteiger partial charge in [0.15, 0.2) is 5.82 Å². The molecule has 0 radical (unpaired) electrons. The molecule has 0 spiro atoms. The highest BCUT2D eigenvalue weighted by Gasteiger charge is 2.30. The lowest BCUT2D eigenvalue weighted by atomic mass is 10.0. The first kappa shape index (κ1) is 18.2. The molecule has 8 heteroatoms. The van der Waals surface area contributed by atoms with E-state index in [9.17, 15) is 4.79 Å². The van der Waals surface area contributed by atoms with Gasteiger partial charge in [-0.15, -0.1) is 10.2 Å². The Kier molecular flexibility index (Phi) is 4.39. The predicted octanol–water partition coefficient (Wildman–Crippen LogP) is 2.57. The van der Waals surface area contributed by atoms with Crippen LogP contribution in [0.2, 0.25) is 0 Å². The molecule has 8 nitrogen and oxygen atoms in total. The van der Waals surface area contributed by atoms with Gasteiger partial charge in [-0.1, -0.05) is 18.2 Å². The smallest absolute Gasteiger partial charge is 0.256 e. The van der Waals surface area contributed by atoms with E-state index in [1.165, 1.54) is 0 Å². The maximum atomic E-state index is 13.1. The van der Waals surface area contributed by atoms with Crippen molar-refractivity contribution >= 4 is 5.91 Å². The van der Waals surface area contributed by atoms with Gasteiger partial charge in [-0.3, -0.25) is 19.0 Å². The molecule has 5 rings (SSSR count). The van der Waals surface area contributed by atoms with Gasteiger partial charge in [-0.2, -0.15) is 5.10 Å². The Labute approximate surface area is 173 Å². The first-order valence-corrected chi connectivity index (χ1v) is 9.85. The molecule has 0 bridgehead atoms. The van der Waals surface area contributed by atoms with Gasteiger partial charge in [0.25, 0.3) is 5.91 Å². The van der Waals surface area contributed by atoms with E-state index < -0.39 is 0 Å². The molecule has 0 saturated heterocycles. The lowest BCUT2D eigenvalue weighted by molar-refractivity contribution is 0.0732. The molecule has 150 valence electrons. The summed E-state index contributed by atoms with van der Waals surface area (Å²) in [7, 11) is 1.94. The normalized spacial score (nSPS) is 13.3. The standard InChI is InChI=1S/C22H21N7O/c1-15-17(9-6-11-23-15)22(30)28-12-10-19-18(13-28)20(26-27(19)2)21-25-24-14-29(21)16-7-4-3-5-8-16/h3-9,11,14H,10,12-13H2,1-2H3. The molecule has 0 N–H and O–H groups in total. The molecule has 0 atom stereocenters. The Morgan fingerprint density at radius 2 is 1.93 bits per heavy atom. The van der Waals surface area contributed by atoms with E-state index in [1.807, 2.05) is 64.5 Å². The summed E-state index contributed by atoms with van der Waals surface area (Å²) in [5.74, 6) is 0.662. The van der Waals surface area contributed by atoms with Crippen LogP contribution in [-0.4, -0.2) is 46.9 Å². The molecular formula is C22H21N7O. The third-order valence-electron chi connectivity index (χ3n) is 5.56. The van der Waals surface area contributed by atoms with Gasteiger partial charge in [-0.05, 0) is 31.2 Å². The monoisotopic (exact) mass is 399 g/mol. The van der Waals surface area contributed by atoms with Crippen LogP contribution >= 0.6 is 0 Å². The molecular weight excluding hydrogens is 378 g/mol. The molecule has 30 heavy (non-hydrogen) atoms. The van der Waals surface area contributed by atoms with Crippen molar-refractivity contribution in [3.8, 4) is 17.2 Å². The van der Waals surface area contributed by atoms with Crippen LogP contribution in [0.5, 0.6) is 0 Å². The van der Waals surface area contributed by atoms with Crippen LogP contribution in [0.3, 0.4) is 0 Å². The van der Waals surface area contributed by atoms with Gasteiger partial charge in [0.05, 0.1) is 12.1 Å². The van der Waals surface area contributed by atoms with Crippen molar-refractivity contribution < 1.29 is 4.79 Å². The van der Waals surface area contributed by atoms with E-state index in [1.54, 1.807) is 18.6 Å². The molecule has 4 heterocycles. The lowest BCUT2D eigenvalue weighted by Crippen LogP contribution is -2.36. The van der Waals surface area contributed by atoms with Gasteiger partial charge in [0, 0.05) is 48.8 Å². The zero-order chi connectivity index (χ0) is 20.7. The Bertz CT molecular complexity index is 1230. The Morgan fingerprint density at radius 1 is 1.10 bits per heavy atom. The number of amides is 1. The van der Waals surface area contributed by atoms with Crippen molar-refractivity contribution in [2.75, 3.05) is 6.54 Å². The molecule has 0 saturated carbocycles. The SMILES string of the molecule is Cc1ncccc1C(=O)N1CCc2c(c(-c3nncn3-c3ccccc3)nn2C)C1. The van der Waals surface area contributed by atoms with Crippen molar-refractivity contribution in [3.05, 3.63) is 77.5 Å². The maximum absolute atomic E-state index is 13.1. The molecule has 0 fully saturated rings. The number of rotatable bonds is 3. The molecule has 1 aliphatic rings. The average molecular weight is 399 g/mol. The number of aromatic nitrogens is 6. The fourth-order valence-corrected chi connectivity index (χ4v) is 4.00. The van der Waals surface area contributed by atoms with Gasteiger partial charge >= 0.3 is 0 Å². The minimum Gasteiger partial charge on any atom is -0.334 e. The van der Waals surface area contributed by atoms with Crippen LogP contribution in [0.4, 0.5) is 0 Å². The molecule has 4 aromatic rings. The van der Waals surface area contributed by atoms with E-state index in [0.29, 0.717) is 24.5 Å². The number of carbonyl (C=O) groups excluding carboxylic acids is 1. The number of hydrogen-bond donors (Lipinski definition) is 0. The predicted molar refractivity (Wildman–Crippen MR) is 111 cm³/mol. The number of fused-ring (bicyclic) bond motifs is 1. The number of hydrogen-bond acceptors (Lipinski definition) is 5. The number of benzene rings is 1. The van der Waals surface area contributed by atoms with E-state index >= 15 is 0 Å². The molecule has 1 aromatic carbocycles. The Hall–Kier alpha value is -3.81. The molecule has 0 unspecified atom stereocenters. The van der Waals surface area contributed by atoms with Crippen LogP contribution < -0.4 is 0 Å². The zero-order valence-corrected chi connectivity index (χ0v) is 16.9. The lowest BCUT2D eigenvalue weighted by Gasteiger charge is -2.28. The van der Waals surface area contributed by atoms with E-state index in [0.717, 1.165) is 34.8 Å². The van der Waals surface area contributed by atoms with Gasteiger partial charge in [0.2, 0.25) is 0 Å². The summed E-state index contributed by atoms with van der Waals surface area (Å²) in [6, 6.07) is 13.6. The van der Waals surface area contributed by atoms with Gasteiger partial charge < -0.3 is 4.90 Å². The maximum Gasteiger partial charge on any atom is 0.256 e. The second-order valence-electron chi connectivity index (χ2n) is 7.37. The first-order valence-electron chi connectivity index (χ1n) is 9.85. The summed E-state index contributed by atoms with van der Waals surface area (Å²) < 4.78 is 3.82. The first-order chi connectivity index (χ1) is 14.6. The van der Waals surface area contributed by atoms with Crippen molar-refractivity contribution in [1.29, 1.82) is 0 Å². The summed E-state index contributed by atoms with van der Waals surface area (Å²) in [6.45, 7) is 2.98. The highest BCUT2D eigenvalue weighted by Crippen LogP contribution is 2.30. The Balaban J connectivity index is 1.54. The van der Waals surface area contributed by atoms with Crippen LogP contribution in [0.25, 0.3) is 17.2 Å². The third-order valence-corrected chi connectivity index (χ3v) is 5.56. The van der Waals surface area contributed by atoms with Crippen LogP contribution in [0.1, 0.15) is 27.3 Å². The second-order valence-corrected chi connectivity index (χ2v) is 7.37. The topological polar surface area (TPSA) is 81.7 Å². The van der Waals surface area contributed by atoms with Crippen molar-refractivity contribution in [1.82, 2.24) is 34.4 Å².